The lowest BCUT2D eigenvalue weighted by Crippen LogP contribution is -2.25. The van der Waals surface area contributed by atoms with Gasteiger partial charge in [-0.3, -0.25) is 0 Å². The van der Waals surface area contributed by atoms with Crippen LogP contribution in [-0.2, 0) is 0 Å². The number of hydrogen-bond donors (Lipinski definition) is 1. The number of nitrogens with two attached hydrogens (primary N) is 1. The first-order valence-electron chi connectivity index (χ1n) is 6.39. The number of halogens is 1. The van der Waals surface area contributed by atoms with Crippen molar-refractivity contribution in [2.75, 3.05) is 13.7 Å². The van der Waals surface area contributed by atoms with Crippen LogP contribution >= 0.6 is 15.9 Å². The first kappa shape index (κ1) is 13.7. The Morgan fingerprint density at radius 3 is 2.61 bits per heavy atom. The lowest BCUT2D eigenvalue weighted by molar-refractivity contribution is 0.116. The van der Waals surface area contributed by atoms with Crippen LogP contribution in [0.4, 0.5) is 0 Å². The molecule has 0 heterocycles. The molecular weight excluding hydrogens is 294 g/mol. The van der Waals surface area contributed by atoms with Gasteiger partial charge < -0.3 is 15.2 Å². The maximum Gasteiger partial charge on any atom is 0.161 e. The number of methoxy groups -OCH3 is 1. The highest BCUT2D eigenvalue weighted by atomic mass is 79.9. The highest BCUT2D eigenvalue weighted by Crippen LogP contribution is 2.38. The van der Waals surface area contributed by atoms with Gasteiger partial charge in [-0.25, -0.2) is 0 Å². The Hall–Kier alpha value is -0.740. The normalized spacial score (nSPS) is 17.1. The lowest BCUT2D eigenvalue weighted by atomic mass is 9.96. The van der Waals surface area contributed by atoms with E-state index in [1.165, 1.54) is 12.0 Å². The van der Waals surface area contributed by atoms with Gasteiger partial charge in [-0.2, -0.15) is 0 Å². The molecule has 1 unspecified atom stereocenters. The molecule has 1 atom stereocenters. The SMILES string of the molecule is COc1cc(Br)c(C(C)CN)cc1OC1CCC1. The van der Waals surface area contributed by atoms with Crippen molar-refractivity contribution in [1.29, 1.82) is 0 Å². The van der Waals surface area contributed by atoms with E-state index in [2.05, 4.69) is 28.9 Å². The van der Waals surface area contributed by atoms with Crippen molar-refractivity contribution in [3.8, 4) is 11.5 Å². The summed E-state index contributed by atoms with van der Waals surface area (Å²) in [5, 5.41) is 0. The number of rotatable bonds is 5. The number of ether oxygens (including phenoxy) is 2. The summed E-state index contributed by atoms with van der Waals surface area (Å²) in [6.45, 7) is 2.73. The van der Waals surface area contributed by atoms with E-state index in [0.717, 1.165) is 28.8 Å². The van der Waals surface area contributed by atoms with Crippen LogP contribution in [0.25, 0.3) is 0 Å². The molecule has 1 aromatic carbocycles. The summed E-state index contributed by atoms with van der Waals surface area (Å²) in [6.07, 6.45) is 3.89. The average molecular weight is 314 g/mol. The van der Waals surface area contributed by atoms with E-state index in [-0.39, 0.29) is 0 Å². The van der Waals surface area contributed by atoms with Crippen molar-refractivity contribution >= 4 is 15.9 Å². The lowest BCUT2D eigenvalue weighted by Gasteiger charge is -2.28. The standard InChI is InChI=1S/C14H20BrNO2/c1-9(8-16)11-6-14(18-10-4-3-5-10)13(17-2)7-12(11)15/h6-7,9-10H,3-5,8,16H2,1-2H3. The van der Waals surface area contributed by atoms with Crippen molar-refractivity contribution in [2.45, 2.75) is 38.2 Å². The van der Waals surface area contributed by atoms with Crippen LogP contribution in [0.1, 0.15) is 37.7 Å². The van der Waals surface area contributed by atoms with Crippen molar-refractivity contribution in [3.63, 3.8) is 0 Å². The van der Waals surface area contributed by atoms with Crippen molar-refractivity contribution in [3.05, 3.63) is 22.2 Å². The van der Waals surface area contributed by atoms with Crippen LogP contribution in [-0.4, -0.2) is 19.8 Å². The Morgan fingerprint density at radius 2 is 2.11 bits per heavy atom. The minimum Gasteiger partial charge on any atom is -0.493 e. The quantitative estimate of drug-likeness (QED) is 0.905. The van der Waals surface area contributed by atoms with E-state index in [9.17, 15) is 0 Å². The minimum atomic E-state index is 0.300. The highest BCUT2D eigenvalue weighted by Gasteiger charge is 2.22. The Balaban J connectivity index is 2.29. The first-order valence-corrected chi connectivity index (χ1v) is 7.19. The van der Waals surface area contributed by atoms with E-state index in [1.54, 1.807) is 7.11 Å². The molecule has 4 heteroatoms. The molecule has 0 spiro atoms. The molecule has 1 fully saturated rings. The van der Waals surface area contributed by atoms with Gasteiger partial charge in [0.2, 0.25) is 0 Å². The molecule has 0 saturated heterocycles. The number of benzene rings is 1. The largest absolute Gasteiger partial charge is 0.493 e. The molecule has 0 bridgehead atoms. The van der Waals surface area contributed by atoms with E-state index >= 15 is 0 Å². The van der Waals surface area contributed by atoms with Crippen LogP contribution in [0.5, 0.6) is 11.5 Å². The summed E-state index contributed by atoms with van der Waals surface area (Å²) in [5.74, 6) is 1.91. The first-order chi connectivity index (χ1) is 8.65. The Morgan fingerprint density at radius 1 is 1.39 bits per heavy atom. The van der Waals surface area contributed by atoms with Gasteiger partial charge in [0.05, 0.1) is 13.2 Å². The van der Waals surface area contributed by atoms with Crippen LogP contribution in [0, 0.1) is 0 Å². The fourth-order valence-electron chi connectivity index (χ4n) is 1.98. The molecular formula is C14H20BrNO2. The molecule has 0 aromatic heterocycles. The van der Waals surface area contributed by atoms with Gasteiger partial charge in [-0.15, -0.1) is 0 Å². The molecule has 0 radical (unpaired) electrons. The summed E-state index contributed by atoms with van der Waals surface area (Å²) >= 11 is 3.57. The van der Waals surface area contributed by atoms with E-state index in [1.807, 2.05) is 6.07 Å². The van der Waals surface area contributed by atoms with E-state index in [4.69, 9.17) is 15.2 Å². The van der Waals surface area contributed by atoms with Gasteiger partial charge in [-0.1, -0.05) is 22.9 Å². The predicted octanol–water partition coefficient (Wildman–Crippen LogP) is 3.45. The molecule has 1 aliphatic carbocycles. The molecule has 3 nitrogen and oxygen atoms in total. The van der Waals surface area contributed by atoms with Gasteiger partial charge >= 0.3 is 0 Å². The highest BCUT2D eigenvalue weighted by molar-refractivity contribution is 9.10. The van der Waals surface area contributed by atoms with Crippen molar-refractivity contribution in [1.82, 2.24) is 0 Å². The second-order valence-electron chi connectivity index (χ2n) is 4.83. The molecule has 1 saturated carbocycles. The predicted molar refractivity (Wildman–Crippen MR) is 76.4 cm³/mol. The van der Waals surface area contributed by atoms with Crippen LogP contribution in [0.15, 0.2) is 16.6 Å². The molecule has 1 aliphatic rings. The Bertz CT molecular complexity index is 419. The second-order valence-corrected chi connectivity index (χ2v) is 5.69. The molecule has 100 valence electrons. The summed E-state index contributed by atoms with van der Waals surface area (Å²) in [5.41, 5.74) is 6.91. The van der Waals surface area contributed by atoms with Crippen molar-refractivity contribution in [2.24, 2.45) is 5.73 Å². The summed E-state index contributed by atoms with van der Waals surface area (Å²) in [6, 6.07) is 4.02. The third kappa shape index (κ3) is 2.81. The number of hydrogen-bond acceptors (Lipinski definition) is 3. The fraction of sp³-hybridized carbons (Fsp3) is 0.571. The second kappa shape index (κ2) is 5.93. The van der Waals surface area contributed by atoms with Gasteiger partial charge in [-0.05, 0) is 49.4 Å². The van der Waals surface area contributed by atoms with Gasteiger partial charge in [0.1, 0.15) is 0 Å². The Labute approximate surface area is 117 Å². The summed E-state index contributed by atoms with van der Waals surface area (Å²) in [7, 11) is 1.67. The van der Waals surface area contributed by atoms with Crippen LogP contribution in [0.2, 0.25) is 0 Å². The van der Waals surface area contributed by atoms with Gasteiger partial charge in [0.25, 0.3) is 0 Å². The average Bonchev–Trinajstić information content (AvgIpc) is 2.33. The monoisotopic (exact) mass is 313 g/mol. The van der Waals surface area contributed by atoms with Crippen LogP contribution < -0.4 is 15.2 Å². The summed E-state index contributed by atoms with van der Waals surface area (Å²) < 4.78 is 12.4. The third-order valence-electron chi connectivity index (χ3n) is 3.51. The Kier molecular flexibility index (Phi) is 4.51. The molecule has 0 amide bonds. The minimum absolute atomic E-state index is 0.300. The fourth-order valence-corrected chi connectivity index (χ4v) is 2.69. The smallest absolute Gasteiger partial charge is 0.161 e. The van der Waals surface area contributed by atoms with Crippen LogP contribution in [0.3, 0.4) is 0 Å². The summed E-state index contributed by atoms with van der Waals surface area (Å²) in [4.78, 5) is 0. The maximum absolute atomic E-state index is 5.98. The van der Waals surface area contributed by atoms with E-state index in [0.29, 0.717) is 18.6 Å². The topological polar surface area (TPSA) is 44.5 Å². The molecule has 2 rings (SSSR count). The zero-order valence-electron chi connectivity index (χ0n) is 10.9. The molecule has 1 aromatic rings. The molecule has 0 aliphatic heterocycles. The van der Waals surface area contributed by atoms with E-state index < -0.39 is 0 Å². The van der Waals surface area contributed by atoms with Gasteiger partial charge in [0, 0.05) is 4.47 Å². The molecule has 2 N–H and O–H groups in total. The zero-order valence-corrected chi connectivity index (χ0v) is 12.5. The zero-order chi connectivity index (χ0) is 13.1. The maximum atomic E-state index is 5.98. The third-order valence-corrected chi connectivity index (χ3v) is 4.20. The molecule has 18 heavy (non-hydrogen) atoms. The van der Waals surface area contributed by atoms with Gasteiger partial charge in [0.15, 0.2) is 11.5 Å². The van der Waals surface area contributed by atoms with Crippen molar-refractivity contribution < 1.29 is 9.47 Å².